The average molecular weight is 320 g/mol. The Balaban J connectivity index is 1.78. The summed E-state index contributed by atoms with van der Waals surface area (Å²) in [6.07, 6.45) is 2.39. The van der Waals surface area contributed by atoms with Gasteiger partial charge in [0.05, 0.1) is 5.41 Å². The molecule has 5 heteroatoms. The van der Waals surface area contributed by atoms with Crippen molar-refractivity contribution in [3.63, 3.8) is 0 Å². The van der Waals surface area contributed by atoms with Crippen molar-refractivity contribution in [2.75, 3.05) is 26.7 Å². The van der Waals surface area contributed by atoms with Crippen molar-refractivity contribution in [1.82, 2.24) is 9.80 Å². The fourth-order valence-electron chi connectivity index (χ4n) is 4.24. The fourth-order valence-corrected chi connectivity index (χ4v) is 4.24. The summed E-state index contributed by atoms with van der Waals surface area (Å²) in [7, 11) is 2.03. The predicted octanol–water partition coefficient (Wildman–Crippen LogP) is 2.51. The van der Waals surface area contributed by atoms with Crippen LogP contribution in [0.5, 0.6) is 0 Å². The van der Waals surface area contributed by atoms with Crippen molar-refractivity contribution in [2.45, 2.75) is 38.8 Å². The number of hydrogen-bond donors (Lipinski definition) is 1. The van der Waals surface area contributed by atoms with E-state index in [0.29, 0.717) is 13.0 Å². The van der Waals surface area contributed by atoms with E-state index in [1.807, 2.05) is 20.0 Å². The largest absolute Gasteiger partial charge is 0.481 e. The predicted molar refractivity (Wildman–Crippen MR) is 86.8 cm³/mol. The minimum Gasteiger partial charge on any atom is -0.481 e. The van der Waals surface area contributed by atoms with E-state index < -0.39 is 11.4 Å². The van der Waals surface area contributed by atoms with Gasteiger partial charge in [0.1, 0.15) is 5.82 Å². The number of carbonyl (C=O) groups is 1. The van der Waals surface area contributed by atoms with Gasteiger partial charge >= 0.3 is 5.97 Å². The molecule has 2 aliphatic heterocycles. The van der Waals surface area contributed by atoms with Crippen LogP contribution in [0.3, 0.4) is 0 Å². The Labute approximate surface area is 136 Å². The summed E-state index contributed by atoms with van der Waals surface area (Å²) in [5.41, 5.74) is 1.46. The van der Waals surface area contributed by atoms with Crippen LogP contribution < -0.4 is 0 Å². The van der Waals surface area contributed by atoms with Crippen molar-refractivity contribution < 1.29 is 14.3 Å². The Kier molecular flexibility index (Phi) is 4.43. The molecule has 0 unspecified atom stereocenters. The number of aryl methyl sites for hydroxylation is 1. The molecule has 23 heavy (non-hydrogen) atoms. The van der Waals surface area contributed by atoms with Gasteiger partial charge in [-0.2, -0.15) is 0 Å². The first-order valence-corrected chi connectivity index (χ1v) is 8.33. The lowest BCUT2D eigenvalue weighted by Crippen LogP contribution is -2.62. The standard InChI is InChI=1S/C18H25FN2O2/c1-13-4-5-15(19)10-14(13)11-21-9-7-18(17(22)23)6-3-8-20(2)16(18)12-21/h4-5,10,16H,3,6-9,11-12H2,1-2H3,(H,22,23)/t16-,18+/m1/s1. The van der Waals surface area contributed by atoms with E-state index in [2.05, 4.69) is 9.80 Å². The van der Waals surface area contributed by atoms with Crippen molar-refractivity contribution in [3.8, 4) is 0 Å². The number of benzene rings is 1. The molecule has 0 radical (unpaired) electrons. The number of piperidine rings is 2. The summed E-state index contributed by atoms with van der Waals surface area (Å²) in [4.78, 5) is 16.4. The highest BCUT2D eigenvalue weighted by atomic mass is 19.1. The third kappa shape index (κ3) is 3.00. The number of carboxylic acid groups (broad SMARTS) is 1. The van der Waals surface area contributed by atoms with Gasteiger partial charge < -0.3 is 10.0 Å². The van der Waals surface area contributed by atoms with Gasteiger partial charge in [0.15, 0.2) is 0 Å². The quantitative estimate of drug-likeness (QED) is 0.929. The third-order valence-electron chi connectivity index (χ3n) is 5.74. The molecule has 1 N–H and O–H groups in total. The van der Waals surface area contributed by atoms with Crippen LogP contribution in [-0.4, -0.2) is 53.6 Å². The zero-order valence-corrected chi connectivity index (χ0v) is 13.9. The van der Waals surface area contributed by atoms with E-state index >= 15 is 0 Å². The summed E-state index contributed by atoms with van der Waals surface area (Å²) in [5.74, 6) is -0.868. The molecule has 1 aromatic rings. The highest BCUT2D eigenvalue weighted by Gasteiger charge is 2.52. The Bertz CT molecular complexity index is 607. The molecule has 1 aromatic carbocycles. The van der Waals surface area contributed by atoms with E-state index in [9.17, 15) is 14.3 Å². The van der Waals surface area contributed by atoms with E-state index in [4.69, 9.17) is 0 Å². The second kappa shape index (κ2) is 6.21. The fraction of sp³-hybridized carbons (Fsp3) is 0.611. The maximum atomic E-state index is 13.5. The second-order valence-corrected chi connectivity index (χ2v) is 7.12. The lowest BCUT2D eigenvalue weighted by molar-refractivity contribution is -0.162. The third-order valence-corrected chi connectivity index (χ3v) is 5.74. The van der Waals surface area contributed by atoms with Gasteiger partial charge in [-0.3, -0.25) is 9.69 Å². The van der Waals surface area contributed by atoms with Crippen LogP contribution in [0.1, 0.15) is 30.4 Å². The lowest BCUT2D eigenvalue weighted by Gasteiger charge is -2.52. The molecule has 3 rings (SSSR count). The molecule has 126 valence electrons. The zero-order valence-electron chi connectivity index (χ0n) is 13.9. The van der Waals surface area contributed by atoms with E-state index in [-0.39, 0.29) is 11.9 Å². The average Bonchev–Trinajstić information content (AvgIpc) is 2.51. The summed E-state index contributed by atoms with van der Waals surface area (Å²) in [5, 5.41) is 9.80. The zero-order chi connectivity index (χ0) is 16.6. The molecule has 2 fully saturated rings. The number of fused-ring (bicyclic) bond motifs is 1. The Morgan fingerprint density at radius 3 is 2.91 bits per heavy atom. The van der Waals surface area contributed by atoms with Crippen molar-refractivity contribution >= 4 is 5.97 Å². The molecule has 2 atom stereocenters. The number of hydrogen-bond acceptors (Lipinski definition) is 3. The number of likely N-dealkylation sites (N-methyl/N-ethyl adjacent to an activating group) is 1. The number of nitrogens with zero attached hydrogens (tertiary/aromatic N) is 2. The van der Waals surface area contributed by atoms with Crippen LogP contribution >= 0.6 is 0 Å². The first-order chi connectivity index (χ1) is 10.9. The van der Waals surface area contributed by atoms with Gasteiger partial charge in [-0.05, 0) is 69.6 Å². The Hall–Kier alpha value is -1.46. The Morgan fingerprint density at radius 2 is 2.17 bits per heavy atom. The van der Waals surface area contributed by atoms with Crippen LogP contribution in [-0.2, 0) is 11.3 Å². The number of halogens is 1. The summed E-state index contributed by atoms with van der Waals surface area (Å²) < 4.78 is 13.5. The van der Waals surface area contributed by atoms with Gasteiger partial charge in [-0.1, -0.05) is 6.07 Å². The second-order valence-electron chi connectivity index (χ2n) is 7.12. The van der Waals surface area contributed by atoms with Crippen LogP contribution in [0, 0.1) is 18.2 Å². The summed E-state index contributed by atoms with van der Waals surface area (Å²) >= 11 is 0. The number of likely N-dealkylation sites (tertiary alicyclic amines) is 2. The molecule has 2 aliphatic rings. The van der Waals surface area contributed by atoms with Crippen LogP contribution in [0.25, 0.3) is 0 Å². The molecule has 0 amide bonds. The SMILES string of the molecule is Cc1ccc(F)cc1CN1CC[C@@]2(C(=O)O)CCCN(C)[C@@H]2C1. The number of rotatable bonds is 3. The number of aliphatic carboxylic acids is 1. The molecule has 2 saturated heterocycles. The minimum atomic E-state index is -0.657. The Morgan fingerprint density at radius 1 is 1.39 bits per heavy atom. The minimum absolute atomic E-state index is 0.0383. The molecule has 0 bridgehead atoms. The first kappa shape index (κ1) is 16.4. The highest BCUT2D eigenvalue weighted by Crippen LogP contribution is 2.42. The number of carboxylic acids is 1. The molecule has 0 aliphatic carbocycles. The normalized spacial score (nSPS) is 29.3. The van der Waals surface area contributed by atoms with Gasteiger partial charge in [0, 0.05) is 19.1 Å². The maximum absolute atomic E-state index is 13.5. The van der Waals surface area contributed by atoms with Crippen molar-refractivity contribution in [2.24, 2.45) is 5.41 Å². The van der Waals surface area contributed by atoms with E-state index in [1.165, 1.54) is 6.07 Å². The molecule has 2 heterocycles. The van der Waals surface area contributed by atoms with Crippen LogP contribution in [0.15, 0.2) is 18.2 Å². The van der Waals surface area contributed by atoms with Gasteiger partial charge in [0.25, 0.3) is 0 Å². The molecule has 0 aromatic heterocycles. The maximum Gasteiger partial charge on any atom is 0.311 e. The van der Waals surface area contributed by atoms with Gasteiger partial charge in [-0.25, -0.2) is 4.39 Å². The first-order valence-electron chi connectivity index (χ1n) is 8.33. The van der Waals surface area contributed by atoms with E-state index in [0.717, 1.165) is 43.6 Å². The van der Waals surface area contributed by atoms with Gasteiger partial charge in [-0.15, -0.1) is 0 Å². The summed E-state index contributed by atoms with van der Waals surface area (Å²) in [6, 6.07) is 4.93. The molecule has 0 saturated carbocycles. The highest BCUT2D eigenvalue weighted by molar-refractivity contribution is 5.76. The van der Waals surface area contributed by atoms with Crippen molar-refractivity contribution in [1.29, 1.82) is 0 Å². The summed E-state index contributed by atoms with van der Waals surface area (Å²) in [6.45, 7) is 5.12. The molecule has 0 spiro atoms. The van der Waals surface area contributed by atoms with Crippen molar-refractivity contribution in [3.05, 3.63) is 35.1 Å². The molecular weight excluding hydrogens is 295 g/mol. The van der Waals surface area contributed by atoms with Crippen LogP contribution in [0.4, 0.5) is 4.39 Å². The smallest absolute Gasteiger partial charge is 0.311 e. The van der Waals surface area contributed by atoms with Crippen LogP contribution in [0.2, 0.25) is 0 Å². The van der Waals surface area contributed by atoms with E-state index in [1.54, 1.807) is 6.07 Å². The monoisotopic (exact) mass is 320 g/mol. The van der Waals surface area contributed by atoms with Gasteiger partial charge in [0.2, 0.25) is 0 Å². The lowest BCUT2D eigenvalue weighted by atomic mass is 9.68. The molecular formula is C18H25FN2O2. The molecule has 4 nitrogen and oxygen atoms in total. The topological polar surface area (TPSA) is 43.8 Å².